The fraction of sp³-hybridized carbons (Fsp3) is 0.444. The van der Waals surface area contributed by atoms with Crippen molar-refractivity contribution in [3.63, 3.8) is 0 Å². The van der Waals surface area contributed by atoms with E-state index in [1.54, 1.807) is 6.20 Å². The van der Waals surface area contributed by atoms with Crippen molar-refractivity contribution in [2.45, 2.75) is 12.4 Å². The minimum Gasteiger partial charge on any atom is -0.368 e. The van der Waals surface area contributed by atoms with E-state index in [1.807, 2.05) is 13.0 Å². The molecule has 0 bridgehead atoms. The lowest BCUT2D eigenvalue weighted by atomic mass is 10.3. The summed E-state index contributed by atoms with van der Waals surface area (Å²) in [6.45, 7) is 2.11. The number of hydrogen-bond donors (Lipinski definition) is 1. The van der Waals surface area contributed by atoms with E-state index in [9.17, 15) is 13.2 Å². The van der Waals surface area contributed by atoms with Crippen molar-refractivity contribution in [1.82, 2.24) is 4.98 Å². The molecule has 0 unspecified atom stereocenters. The molecule has 0 aromatic carbocycles. The molecule has 0 aliphatic rings. The summed E-state index contributed by atoms with van der Waals surface area (Å²) in [5.41, 5.74) is -3.18. The molecule has 2 nitrogen and oxygen atoms in total. The fourth-order valence-electron chi connectivity index (χ4n) is 1.000. The van der Waals surface area contributed by atoms with Crippen LogP contribution in [0.5, 0.6) is 0 Å². The molecule has 0 saturated carbocycles. The minimum atomic E-state index is -4.17. The zero-order valence-corrected chi connectivity index (χ0v) is 10.8. The van der Waals surface area contributed by atoms with Crippen LogP contribution in [0.1, 0.15) is 5.56 Å². The van der Waals surface area contributed by atoms with Gasteiger partial charge in [0.1, 0.15) is 5.82 Å². The SMILES string of the molecule is Cc1cnc(NCCSC(F)(F)F)c(Br)c1. The van der Waals surface area contributed by atoms with Crippen LogP contribution in [0, 0.1) is 6.92 Å². The van der Waals surface area contributed by atoms with Gasteiger partial charge >= 0.3 is 5.51 Å². The summed E-state index contributed by atoms with van der Waals surface area (Å²) in [5, 5.41) is 2.83. The molecule has 0 fully saturated rings. The number of anilines is 1. The number of thioether (sulfide) groups is 1. The standard InChI is InChI=1S/C9H10BrF3N2S/c1-6-4-7(10)8(15-5-6)14-2-3-16-9(11,12)13/h4-5H,2-3H2,1H3,(H,14,15). The van der Waals surface area contributed by atoms with Crippen LogP contribution in [0.3, 0.4) is 0 Å². The third kappa shape index (κ3) is 5.07. The molecule has 0 spiro atoms. The van der Waals surface area contributed by atoms with Crippen LogP contribution in [-0.4, -0.2) is 22.8 Å². The van der Waals surface area contributed by atoms with Crippen molar-refractivity contribution < 1.29 is 13.2 Å². The highest BCUT2D eigenvalue weighted by molar-refractivity contribution is 9.10. The number of halogens is 4. The van der Waals surface area contributed by atoms with Gasteiger partial charge in [0.05, 0.1) is 4.47 Å². The Morgan fingerprint density at radius 3 is 2.75 bits per heavy atom. The Balaban J connectivity index is 2.38. The minimum absolute atomic E-state index is 0.0362. The molecule has 1 aromatic heterocycles. The number of rotatable bonds is 4. The van der Waals surface area contributed by atoms with Gasteiger partial charge in [-0.05, 0) is 46.2 Å². The van der Waals surface area contributed by atoms with E-state index in [-0.39, 0.29) is 24.1 Å². The predicted octanol–water partition coefficient (Wildman–Crippen LogP) is 3.82. The van der Waals surface area contributed by atoms with Crippen LogP contribution >= 0.6 is 27.7 Å². The normalized spacial score (nSPS) is 11.6. The smallest absolute Gasteiger partial charge is 0.368 e. The van der Waals surface area contributed by atoms with E-state index >= 15 is 0 Å². The summed E-state index contributed by atoms with van der Waals surface area (Å²) >= 11 is 3.24. The third-order valence-electron chi connectivity index (χ3n) is 1.64. The average molecular weight is 315 g/mol. The zero-order chi connectivity index (χ0) is 12.2. The molecular formula is C9H10BrF3N2S. The fourth-order valence-corrected chi connectivity index (χ4v) is 2.04. The van der Waals surface area contributed by atoms with Gasteiger partial charge in [0, 0.05) is 18.5 Å². The van der Waals surface area contributed by atoms with E-state index in [1.165, 1.54) is 0 Å². The molecule has 0 atom stereocenters. The Labute approximate surface area is 104 Å². The Morgan fingerprint density at radius 1 is 1.50 bits per heavy atom. The van der Waals surface area contributed by atoms with E-state index < -0.39 is 5.51 Å². The summed E-state index contributed by atoms with van der Waals surface area (Å²) in [6.07, 6.45) is 1.66. The summed E-state index contributed by atoms with van der Waals surface area (Å²) in [6, 6.07) is 1.85. The highest BCUT2D eigenvalue weighted by Crippen LogP contribution is 2.29. The lowest BCUT2D eigenvalue weighted by molar-refractivity contribution is -0.0327. The predicted molar refractivity (Wildman–Crippen MR) is 63.7 cm³/mol. The molecular weight excluding hydrogens is 305 g/mol. The maximum Gasteiger partial charge on any atom is 0.441 e. The summed E-state index contributed by atoms with van der Waals surface area (Å²) in [4.78, 5) is 4.06. The van der Waals surface area contributed by atoms with Gasteiger partial charge in [-0.25, -0.2) is 4.98 Å². The second-order valence-electron chi connectivity index (χ2n) is 3.06. The molecule has 0 saturated heterocycles. The maximum absolute atomic E-state index is 11.8. The van der Waals surface area contributed by atoms with Crippen molar-refractivity contribution in [2.75, 3.05) is 17.6 Å². The topological polar surface area (TPSA) is 24.9 Å². The molecule has 0 aliphatic heterocycles. The van der Waals surface area contributed by atoms with Gasteiger partial charge in [-0.2, -0.15) is 13.2 Å². The molecule has 1 rings (SSSR count). The van der Waals surface area contributed by atoms with Gasteiger partial charge in [-0.1, -0.05) is 0 Å². The monoisotopic (exact) mass is 314 g/mol. The molecule has 1 N–H and O–H groups in total. The molecule has 0 radical (unpaired) electrons. The van der Waals surface area contributed by atoms with Crippen molar-refractivity contribution in [1.29, 1.82) is 0 Å². The van der Waals surface area contributed by atoms with E-state index in [4.69, 9.17) is 0 Å². The number of nitrogens with zero attached hydrogens (tertiary/aromatic N) is 1. The first-order valence-electron chi connectivity index (χ1n) is 4.45. The molecule has 1 heterocycles. The van der Waals surface area contributed by atoms with Crippen molar-refractivity contribution in [3.05, 3.63) is 22.3 Å². The number of hydrogen-bond acceptors (Lipinski definition) is 3. The van der Waals surface area contributed by atoms with Gasteiger partial charge in [-0.3, -0.25) is 0 Å². The number of pyridine rings is 1. The number of nitrogens with one attached hydrogen (secondary N) is 1. The average Bonchev–Trinajstić information content (AvgIpc) is 2.13. The molecule has 90 valence electrons. The highest BCUT2D eigenvalue weighted by atomic mass is 79.9. The quantitative estimate of drug-likeness (QED) is 0.855. The number of alkyl halides is 3. The van der Waals surface area contributed by atoms with Crippen molar-refractivity contribution in [3.8, 4) is 0 Å². The molecule has 0 amide bonds. The molecule has 7 heteroatoms. The maximum atomic E-state index is 11.8. The Bertz CT molecular complexity index is 357. The third-order valence-corrected chi connectivity index (χ3v) is 2.98. The summed E-state index contributed by atoms with van der Waals surface area (Å²) in [7, 11) is 0. The first-order valence-corrected chi connectivity index (χ1v) is 6.23. The van der Waals surface area contributed by atoms with Gasteiger partial charge in [-0.15, -0.1) is 0 Å². The zero-order valence-electron chi connectivity index (χ0n) is 8.44. The van der Waals surface area contributed by atoms with Crippen LogP contribution in [0.4, 0.5) is 19.0 Å². The highest BCUT2D eigenvalue weighted by Gasteiger charge is 2.27. The van der Waals surface area contributed by atoms with Crippen LogP contribution in [0.2, 0.25) is 0 Å². The summed E-state index contributed by atoms with van der Waals surface area (Å²) < 4.78 is 36.2. The van der Waals surface area contributed by atoms with E-state index in [2.05, 4.69) is 26.2 Å². The Kier molecular flexibility index (Phi) is 4.91. The van der Waals surface area contributed by atoms with Crippen LogP contribution in [0.15, 0.2) is 16.7 Å². The van der Waals surface area contributed by atoms with Crippen molar-refractivity contribution in [2.24, 2.45) is 0 Å². The largest absolute Gasteiger partial charge is 0.441 e. The summed E-state index contributed by atoms with van der Waals surface area (Å²) in [5.74, 6) is 0.527. The van der Waals surface area contributed by atoms with Gasteiger partial charge in [0.2, 0.25) is 0 Å². The lowest BCUT2D eigenvalue weighted by Gasteiger charge is -2.09. The van der Waals surface area contributed by atoms with E-state index in [0.717, 1.165) is 10.0 Å². The van der Waals surface area contributed by atoms with Crippen molar-refractivity contribution >= 4 is 33.5 Å². The lowest BCUT2D eigenvalue weighted by Crippen LogP contribution is -2.10. The Morgan fingerprint density at radius 2 is 2.19 bits per heavy atom. The van der Waals surface area contributed by atoms with Gasteiger partial charge < -0.3 is 5.32 Å². The Hall–Kier alpha value is -0.430. The number of aryl methyl sites for hydroxylation is 1. The number of aromatic nitrogens is 1. The molecule has 1 aromatic rings. The van der Waals surface area contributed by atoms with E-state index in [0.29, 0.717) is 5.82 Å². The van der Waals surface area contributed by atoms with Gasteiger partial charge in [0.15, 0.2) is 0 Å². The van der Waals surface area contributed by atoms with Crippen LogP contribution in [-0.2, 0) is 0 Å². The van der Waals surface area contributed by atoms with Crippen LogP contribution < -0.4 is 5.32 Å². The van der Waals surface area contributed by atoms with Crippen LogP contribution in [0.25, 0.3) is 0 Å². The second kappa shape index (κ2) is 5.77. The second-order valence-corrected chi connectivity index (χ2v) is 5.08. The molecule has 16 heavy (non-hydrogen) atoms. The van der Waals surface area contributed by atoms with Gasteiger partial charge in [0.25, 0.3) is 0 Å². The first-order chi connectivity index (χ1) is 7.38. The first kappa shape index (κ1) is 13.6. The molecule has 0 aliphatic carbocycles.